The van der Waals surface area contributed by atoms with E-state index < -0.39 is 30.4 Å². The average Bonchev–Trinajstić information content (AvgIpc) is 3.40. The Bertz CT molecular complexity index is 2100. The van der Waals surface area contributed by atoms with Crippen LogP contribution in [0.2, 0.25) is 5.02 Å². The van der Waals surface area contributed by atoms with Crippen molar-refractivity contribution in [1.29, 1.82) is 0 Å². The number of nitrogens with one attached hydrogen (secondary N) is 2. The largest absolute Gasteiger partial charge is 0.405 e. The molecule has 4 aromatic rings. The van der Waals surface area contributed by atoms with E-state index >= 15 is 0 Å². The van der Waals surface area contributed by atoms with Gasteiger partial charge in [0.05, 0.1) is 32.7 Å². The molecule has 1 aliphatic rings. The third-order valence-corrected chi connectivity index (χ3v) is 8.88. The second-order valence-electron chi connectivity index (χ2n) is 12.3. The van der Waals surface area contributed by atoms with Gasteiger partial charge in [0.25, 0.3) is 17.7 Å². The van der Waals surface area contributed by atoms with Crippen LogP contribution in [0.4, 0.5) is 29.1 Å². The van der Waals surface area contributed by atoms with Gasteiger partial charge in [-0.2, -0.15) is 13.2 Å². The molecule has 3 amide bonds. The summed E-state index contributed by atoms with van der Waals surface area (Å²) in [6.07, 6.45) is -1.32. The van der Waals surface area contributed by atoms with Crippen molar-refractivity contribution in [2.24, 2.45) is 7.05 Å². The topological polar surface area (TPSA) is 126 Å². The van der Waals surface area contributed by atoms with Gasteiger partial charge >= 0.3 is 6.18 Å². The maximum atomic E-state index is 13.3. The molecule has 51 heavy (non-hydrogen) atoms. The van der Waals surface area contributed by atoms with E-state index in [-0.39, 0.29) is 28.4 Å². The minimum Gasteiger partial charge on any atom is -0.383 e. The summed E-state index contributed by atoms with van der Waals surface area (Å²) in [5.74, 6) is 2.36. The minimum absolute atomic E-state index is 0.108. The number of hydrogen-bond acceptors (Lipinski definition) is 6. The number of amides is 3. The Hall–Kier alpha value is -5.39. The standard InChI is InChI=1S/C36H34ClF4N7O3/c1-20(38)34(50)45-24-11-7-21(8-12-24)31-29(22-9-13-26(27(37)16-22)35(51)44-19-36(39,40)41)30-32(47(31)4)23(17-43-33(30)42)10-14-28(49)48-15-5-6-25(18-48)46(2)3/h7-9,11-13,16-17,25H,1,5-6,15,18-19H2,2-4H3,(H2,42,43)(H,44,51)(H,45,50)/t25-/m1/s1. The van der Waals surface area contributed by atoms with E-state index in [1.54, 1.807) is 40.8 Å². The van der Waals surface area contributed by atoms with Gasteiger partial charge in [0.15, 0.2) is 5.83 Å². The second-order valence-corrected chi connectivity index (χ2v) is 12.7. The van der Waals surface area contributed by atoms with Gasteiger partial charge in [0, 0.05) is 49.5 Å². The number of anilines is 2. The molecule has 0 spiro atoms. The van der Waals surface area contributed by atoms with Gasteiger partial charge in [-0.05, 0) is 62.3 Å². The molecule has 2 aromatic heterocycles. The quantitative estimate of drug-likeness (QED) is 0.127. The average molecular weight is 724 g/mol. The van der Waals surface area contributed by atoms with Gasteiger partial charge in [-0.25, -0.2) is 9.37 Å². The number of likely N-dealkylation sites (N-methyl/N-ethyl adjacent to an activating group) is 1. The molecule has 1 atom stereocenters. The van der Waals surface area contributed by atoms with Crippen molar-refractivity contribution in [2.75, 3.05) is 44.8 Å². The third kappa shape index (κ3) is 8.16. The van der Waals surface area contributed by atoms with Gasteiger partial charge in [-0.15, -0.1) is 0 Å². The SMILES string of the molecule is C=C(F)C(=O)Nc1ccc(-c2c(-c3ccc(C(=O)NCC(F)(F)F)c(Cl)c3)c3c(N)ncc(C#CC(=O)N4CCC[C@@H](N(C)C)C4)c3n2C)cc1. The maximum Gasteiger partial charge on any atom is 0.405 e. The van der Waals surface area contributed by atoms with Crippen LogP contribution in [-0.4, -0.2) is 83.0 Å². The summed E-state index contributed by atoms with van der Waals surface area (Å²) in [6.45, 7) is 2.61. The van der Waals surface area contributed by atoms with Crippen molar-refractivity contribution in [3.05, 3.63) is 77.2 Å². The molecule has 1 aliphatic heterocycles. The van der Waals surface area contributed by atoms with Crippen molar-refractivity contribution in [3.8, 4) is 34.2 Å². The number of fused-ring (bicyclic) bond motifs is 1. The fourth-order valence-corrected chi connectivity index (χ4v) is 6.29. The van der Waals surface area contributed by atoms with E-state index in [0.29, 0.717) is 57.6 Å². The monoisotopic (exact) mass is 723 g/mol. The van der Waals surface area contributed by atoms with Crippen LogP contribution >= 0.6 is 11.6 Å². The summed E-state index contributed by atoms with van der Waals surface area (Å²) in [5.41, 5.74) is 9.62. The summed E-state index contributed by atoms with van der Waals surface area (Å²) in [7, 11) is 5.70. The van der Waals surface area contributed by atoms with Crippen LogP contribution in [0.5, 0.6) is 0 Å². The lowest BCUT2D eigenvalue weighted by Crippen LogP contribution is -2.47. The Morgan fingerprint density at radius 2 is 1.82 bits per heavy atom. The van der Waals surface area contributed by atoms with Gasteiger partial charge < -0.3 is 30.7 Å². The summed E-state index contributed by atoms with van der Waals surface area (Å²) < 4.78 is 53.4. The van der Waals surface area contributed by atoms with Crippen molar-refractivity contribution >= 4 is 51.7 Å². The van der Waals surface area contributed by atoms with Gasteiger partial charge in [-0.3, -0.25) is 14.4 Å². The summed E-state index contributed by atoms with van der Waals surface area (Å²) in [4.78, 5) is 45.8. The number of nitrogens with two attached hydrogens (primary N) is 1. The predicted molar refractivity (Wildman–Crippen MR) is 188 cm³/mol. The molecule has 10 nitrogen and oxygen atoms in total. The zero-order valence-corrected chi connectivity index (χ0v) is 28.7. The number of carbonyl (C=O) groups is 3. The first-order valence-electron chi connectivity index (χ1n) is 15.7. The Balaban J connectivity index is 1.64. The van der Waals surface area contributed by atoms with E-state index in [0.717, 1.165) is 12.8 Å². The summed E-state index contributed by atoms with van der Waals surface area (Å²) >= 11 is 6.49. The fourth-order valence-electron chi connectivity index (χ4n) is 6.02. The molecule has 4 N–H and O–H groups in total. The smallest absolute Gasteiger partial charge is 0.383 e. The normalized spacial score (nSPS) is 14.6. The van der Waals surface area contributed by atoms with Crippen LogP contribution in [-0.2, 0) is 16.6 Å². The molecule has 266 valence electrons. The number of nitrogens with zero attached hydrogens (tertiary/aromatic N) is 4. The highest BCUT2D eigenvalue weighted by Gasteiger charge is 2.29. The minimum atomic E-state index is -4.61. The molecule has 0 saturated carbocycles. The Kier molecular flexibility index (Phi) is 10.7. The number of carbonyl (C=O) groups excluding carboxylic acids is 3. The highest BCUT2D eigenvalue weighted by Crippen LogP contribution is 2.44. The molecule has 3 heterocycles. The lowest BCUT2D eigenvalue weighted by atomic mass is 9.96. The molecule has 1 saturated heterocycles. The number of rotatable bonds is 7. The number of benzene rings is 2. The number of pyridine rings is 1. The summed E-state index contributed by atoms with van der Waals surface area (Å²) in [5, 5.41) is 4.54. The number of aromatic nitrogens is 2. The molecule has 0 unspecified atom stereocenters. The predicted octanol–water partition coefficient (Wildman–Crippen LogP) is 5.76. The van der Waals surface area contributed by atoms with Crippen molar-refractivity contribution in [3.63, 3.8) is 0 Å². The highest BCUT2D eigenvalue weighted by atomic mass is 35.5. The fraction of sp³-hybridized carbons (Fsp3) is 0.278. The van der Waals surface area contributed by atoms with Crippen molar-refractivity contribution in [1.82, 2.24) is 24.7 Å². The van der Waals surface area contributed by atoms with E-state index in [9.17, 15) is 31.9 Å². The number of alkyl halides is 3. The summed E-state index contributed by atoms with van der Waals surface area (Å²) in [6, 6.07) is 10.9. The number of likely N-dealkylation sites (tertiary alicyclic amines) is 1. The Morgan fingerprint density at radius 1 is 1.14 bits per heavy atom. The van der Waals surface area contributed by atoms with Crippen LogP contribution < -0.4 is 16.4 Å². The first kappa shape index (κ1) is 36.9. The Morgan fingerprint density at radius 3 is 2.45 bits per heavy atom. The molecule has 0 radical (unpaired) electrons. The van der Waals surface area contributed by atoms with E-state index in [4.69, 9.17) is 17.3 Å². The maximum absolute atomic E-state index is 13.3. The first-order valence-corrected chi connectivity index (χ1v) is 16.1. The molecule has 0 aliphatic carbocycles. The zero-order valence-electron chi connectivity index (χ0n) is 27.9. The lowest BCUT2D eigenvalue weighted by Gasteiger charge is -2.35. The first-order chi connectivity index (χ1) is 24.1. The number of hydrogen-bond donors (Lipinski definition) is 3. The van der Waals surface area contributed by atoms with Crippen molar-refractivity contribution < 1.29 is 31.9 Å². The molecule has 15 heteroatoms. The van der Waals surface area contributed by atoms with E-state index in [2.05, 4.69) is 33.6 Å². The van der Waals surface area contributed by atoms with Gasteiger partial charge in [0.2, 0.25) is 0 Å². The molecule has 2 aromatic carbocycles. The third-order valence-electron chi connectivity index (χ3n) is 8.57. The van der Waals surface area contributed by atoms with Crippen LogP contribution in [0.1, 0.15) is 28.8 Å². The van der Waals surface area contributed by atoms with Crippen LogP contribution in [0, 0.1) is 11.8 Å². The highest BCUT2D eigenvalue weighted by molar-refractivity contribution is 6.34. The molecule has 5 rings (SSSR count). The van der Waals surface area contributed by atoms with Crippen molar-refractivity contribution in [2.45, 2.75) is 25.1 Å². The second kappa shape index (κ2) is 14.8. The number of aryl methyl sites for hydroxylation is 1. The number of piperidine rings is 1. The number of halogens is 5. The molecule has 0 bridgehead atoms. The van der Waals surface area contributed by atoms with E-state index in [1.165, 1.54) is 24.4 Å². The van der Waals surface area contributed by atoms with Gasteiger partial charge in [-0.1, -0.05) is 42.3 Å². The van der Waals surface area contributed by atoms with Crippen LogP contribution in [0.15, 0.2) is 61.1 Å². The van der Waals surface area contributed by atoms with Gasteiger partial charge in [0.1, 0.15) is 12.4 Å². The van der Waals surface area contributed by atoms with Crippen LogP contribution in [0.3, 0.4) is 0 Å². The van der Waals surface area contributed by atoms with E-state index in [1.807, 2.05) is 19.4 Å². The van der Waals surface area contributed by atoms with Crippen LogP contribution in [0.25, 0.3) is 33.3 Å². The molecular formula is C36H34ClF4N7O3. The lowest BCUT2D eigenvalue weighted by molar-refractivity contribution is -0.127. The molecular weight excluding hydrogens is 690 g/mol. The zero-order chi connectivity index (χ0) is 37.2. The Labute approximate surface area is 296 Å². The molecule has 1 fully saturated rings. The number of nitrogen functional groups attached to an aromatic ring is 1.